The van der Waals surface area contributed by atoms with Gasteiger partial charge in [-0.3, -0.25) is 0 Å². The first kappa shape index (κ1) is 17.2. The molecule has 2 rings (SSSR count). The van der Waals surface area contributed by atoms with Crippen molar-refractivity contribution in [2.24, 2.45) is 0 Å². The Morgan fingerprint density at radius 3 is 2.61 bits per heavy atom. The standard InChI is InChI=1S/C16H18FNO4S/c1-3-9-18-23(20,21)11-7-8-12(14(19)10-11)16-13(17)5-4-6-15(16)22-2/h4-8,10,18-19H,3,9H2,1-2H3. The molecule has 0 unspecified atom stereocenters. The van der Waals surface area contributed by atoms with Crippen molar-refractivity contribution in [1.29, 1.82) is 0 Å². The Morgan fingerprint density at radius 2 is 2.00 bits per heavy atom. The van der Waals surface area contributed by atoms with E-state index in [1.807, 2.05) is 6.92 Å². The molecule has 2 N–H and O–H groups in total. The summed E-state index contributed by atoms with van der Waals surface area (Å²) in [6.07, 6.45) is 0.649. The second-order valence-corrected chi connectivity index (χ2v) is 6.66. The quantitative estimate of drug-likeness (QED) is 0.848. The molecular formula is C16H18FNO4S. The monoisotopic (exact) mass is 339 g/mol. The van der Waals surface area contributed by atoms with Crippen LogP contribution in [0.2, 0.25) is 0 Å². The molecule has 0 heterocycles. The minimum Gasteiger partial charge on any atom is -0.507 e. The Kier molecular flexibility index (Phi) is 5.23. The highest BCUT2D eigenvalue weighted by Gasteiger charge is 2.19. The third-order valence-corrected chi connectivity index (χ3v) is 4.74. The van der Waals surface area contributed by atoms with Crippen LogP contribution in [0.3, 0.4) is 0 Å². The first-order chi connectivity index (χ1) is 10.9. The third kappa shape index (κ3) is 3.62. The van der Waals surface area contributed by atoms with Crippen molar-refractivity contribution in [3.63, 3.8) is 0 Å². The van der Waals surface area contributed by atoms with Crippen molar-refractivity contribution in [3.05, 3.63) is 42.2 Å². The summed E-state index contributed by atoms with van der Waals surface area (Å²) in [4.78, 5) is -0.0810. The normalized spacial score (nSPS) is 11.4. The van der Waals surface area contributed by atoms with Gasteiger partial charge in [-0.15, -0.1) is 0 Å². The molecule has 0 amide bonds. The highest BCUT2D eigenvalue weighted by molar-refractivity contribution is 7.89. The molecule has 0 saturated heterocycles. The number of nitrogens with one attached hydrogen (secondary N) is 1. The summed E-state index contributed by atoms with van der Waals surface area (Å²) in [6, 6.07) is 8.06. The Morgan fingerprint density at radius 1 is 1.26 bits per heavy atom. The van der Waals surface area contributed by atoms with E-state index in [1.165, 1.54) is 31.4 Å². The lowest BCUT2D eigenvalue weighted by Crippen LogP contribution is -2.24. The zero-order chi connectivity index (χ0) is 17.0. The van der Waals surface area contributed by atoms with Crippen LogP contribution >= 0.6 is 0 Å². The molecule has 2 aromatic carbocycles. The van der Waals surface area contributed by atoms with Crippen LogP contribution in [0.25, 0.3) is 11.1 Å². The summed E-state index contributed by atoms with van der Waals surface area (Å²) in [6.45, 7) is 2.14. The van der Waals surface area contributed by atoms with Gasteiger partial charge in [0.1, 0.15) is 17.3 Å². The number of phenolic OH excluding ortho intramolecular Hbond substituents is 1. The average molecular weight is 339 g/mol. The van der Waals surface area contributed by atoms with Crippen molar-refractivity contribution in [1.82, 2.24) is 4.72 Å². The molecule has 0 aliphatic heterocycles. The SMILES string of the molecule is CCCNS(=O)(=O)c1ccc(-c2c(F)cccc2OC)c(O)c1. The number of aromatic hydroxyl groups is 1. The summed E-state index contributed by atoms with van der Waals surface area (Å²) in [5.74, 6) is -0.660. The van der Waals surface area contributed by atoms with Crippen molar-refractivity contribution >= 4 is 10.0 Å². The van der Waals surface area contributed by atoms with Crippen LogP contribution in [0.4, 0.5) is 4.39 Å². The minimum atomic E-state index is -3.70. The first-order valence-electron chi connectivity index (χ1n) is 7.06. The molecule has 0 spiro atoms. The van der Waals surface area contributed by atoms with E-state index in [9.17, 15) is 17.9 Å². The highest BCUT2D eigenvalue weighted by atomic mass is 32.2. The molecule has 0 aliphatic rings. The maximum Gasteiger partial charge on any atom is 0.240 e. The maximum atomic E-state index is 14.1. The molecule has 124 valence electrons. The Bertz CT molecular complexity index is 806. The fraction of sp³-hybridized carbons (Fsp3) is 0.250. The first-order valence-corrected chi connectivity index (χ1v) is 8.54. The maximum absolute atomic E-state index is 14.1. The fourth-order valence-corrected chi connectivity index (χ4v) is 3.30. The fourth-order valence-electron chi connectivity index (χ4n) is 2.15. The molecule has 0 saturated carbocycles. The van der Waals surface area contributed by atoms with Crippen LogP contribution in [0, 0.1) is 5.82 Å². The number of phenols is 1. The number of rotatable bonds is 6. The number of methoxy groups -OCH3 is 1. The molecule has 0 aliphatic carbocycles. The minimum absolute atomic E-state index is 0.0810. The molecule has 2 aromatic rings. The lowest BCUT2D eigenvalue weighted by molar-refractivity contribution is 0.412. The summed E-state index contributed by atoms with van der Waals surface area (Å²) in [5, 5.41) is 10.2. The molecule has 0 aromatic heterocycles. The Labute approximate surface area is 134 Å². The van der Waals surface area contributed by atoms with Crippen molar-refractivity contribution in [2.45, 2.75) is 18.2 Å². The van der Waals surface area contributed by atoms with Crippen molar-refractivity contribution in [2.75, 3.05) is 13.7 Å². The van der Waals surface area contributed by atoms with Crippen LogP contribution in [0.1, 0.15) is 13.3 Å². The van der Waals surface area contributed by atoms with Gasteiger partial charge >= 0.3 is 0 Å². The van der Waals surface area contributed by atoms with Gasteiger partial charge in [-0.2, -0.15) is 0 Å². The van der Waals surface area contributed by atoms with E-state index >= 15 is 0 Å². The Hall–Kier alpha value is -2.12. The molecular weight excluding hydrogens is 321 g/mol. The van der Waals surface area contributed by atoms with Crippen LogP contribution in [0.5, 0.6) is 11.5 Å². The van der Waals surface area contributed by atoms with Crippen molar-refractivity contribution < 1.29 is 22.7 Å². The van der Waals surface area contributed by atoms with Gasteiger partial charge < -0.3 is 9.84 Å². The largest absolute Gasteiger partial charge is 0.507 e. The van der Waals surface area contributed by atoms with Crippen LogP contribution in [-0.4, -0.2) is 27.2 Å². The van der Waals surface area contributed by atoms with Crippen molar-refractivity contribution in [3.8, 4) is 22.6 Å². The zero-order valence-electron chi connectivity index (χ0n) is 12.8. The lowest BCUT2D eigenvalue weighted by Gasteiger charge is -2.12. The average Bonchev–Trinajstić information content (AvgIpc) is 2.53. The second kappa shape index (κ2) is 6.97. The molecule has 23 heavy (non-hydrogen) atoms. The lowest BCUT2D eigenvalue weighted by atomic mass is 10.0. The number of hydrogen-bond donors (Lipinski definition) is 2. The van der Waals surface area contributed by atoms with Crippen LogP contribution in [-0.2, 0) is 10.0 Å². The summed E-state index contributed by atoms with van der Waals surface area (Å²) >= 11 is 0. The third-order valence-electron chi connectivity index (χ3n) is 3.29. The zero-order valence-corrected chi connectivity index (χ0v) is 13.7. The topological polar surface area (TPSA) is 75.6 Å². The Balaban J connectivity index is 2.50. The van der Waals surface area contributed by atoms with E-state index in [1.54, 1.807) is 6.07 Å². The van der Waals surface area contributed by atoms with Gasteiger partial charge in [0.15, 0.2) is 0 Å². The van der Waals surface area contributed by atoms with E-state index in [2.05, 4.69) is 4.72 Å². The van der Waals surface area contributed by atoms with Gasteiger partial charge in [-0.1, -0.05) is 13.0 Å². The second-order valence-electron chi connectivity index (χ2n) is 4.89. The summed E-state index contributed by atoms with van der Waals surface area (Å²) < 4.78 is 45.7. The number of benzene rings is 2. The van der Waals surface area contributed by atoms with E-state index in [-0.39, 0.29) is 27.5 Å². The number of hydrogen-bond acceptors (Lipinski definition) is 4. The number of ether oxygens (including phenoxy) is 1. The van der Waals surface area contributed by atoms with E-state index in [0.29, 0.717) is 13.0 Å². The van der Waals surface area contributed by atoms with E-state index in [4.69, 9.17) is 4.74 Å². The molecule has 0 atom stereocenters. The molecule has 0 bridgehead atoms. The van der Waals surface area contributed by atoms with Crippen LogP contribution < -0.4 is 9.46 Å². The van der Waals surface area contributed by atoms with Gasteiger partial charge in [-0.25, -0.2) is 17.5 Å². The molecule has 0 fully saturated rings. The summed E-state index contributed by atoms with van der Waals surface area (Å²) in [7, 11) is -2.31. The van der Waals surface area contributed by atoms with Gasteiger partial charge in [-0.05, 0) is 30.7 Å². The number of halogens is 1. The van der Waals surface area contributed by atoms with Crippen LogP contribution in [0.15, 0.2) is 41.3 Å². The van der Waals surface area contributed by atoms with Gasteiger partial charge in [0.25, 0.3) is 0 Å². The van der Waals surface area contributed by atoms with Gasteiger partial charge in [0, 0.05) is 18.2 Å². The smallest absolute Gasteiger partial charge is 0.240 e. The summed E-state index contributed by atoms with van der Waals surface area (Å²) in [5.41, 5.74) is 0.243. The molecule has 0 radical (unpaired) electrons. The van der Waals surface area contributed by atoms with Gasteiger partial charge in [0.05, 0.1) is 17.6 Å². The predicted octanol–water partition coefficient (Wildman–Crippen LogP) is 2.90. The molecule has 5 nitrogen and oxygen atoms in total. The molecule has 7 heteroatoms. The predicted molar refractivity (Wildman–Crippen MR) is 85.5 cm³/mol. The van der Waals surface area contributed by atoms with E-state index in [0.717, 1.165) is 6.07 Å². The van der Waals surface area contributed by atoms with Gasteiger partial charge in [0.2, 0.25) is 10.0 Å². The highest BCUT2D eigenvalue weighted by Crippen LogP contribution is 2.38. The number of sulfonamides is 1. The van der Waals surface area contributed by atoms with E-state index < -0.39 is 15.8 Å².